The second-order valence-electron chi connectivity index (χ2n) is 7.74. The van der Waals surface area contributed by atoms with Gasteiger partial charge in [-0.15, -0.1) is 11.8 Å². The normalized spacial score (nSPS) is 23.3. The molecule has 166 valence electrons. The molecule has 0 saturated carbocycles. The van der Waals surface area contributed by atoms with Crippen LogP contribution in [-0.2, 0) is 14.3 Å². The Kier molecular flexibility index (Phi) is 6.08. The number of nitrogens with zero attached hydrogens (tertiary/aromatic N) is 3. The predicted molar refractivity (Wildman–Crippen MR) is 114 cm³/mol. The average Bonchev–Trinajstić information content (AvgIpc) is 3.34. The van der Waals surface area contributed by atoms with Gasteiger partial charge >= 0.3 is 6.09 Å². The zero-order valence-corrected chi connectivity index (χ0v) is 18.4. The first-order valence-electron chi connectivity index (χ1n) is 10.5. The van der Waals surface area contributed by atoms with Gasteiger partial charge in [0.1, 0.15) is 17.5 Å². The van der Waals surface area contributed by atoms with Gasteiger partial charge in [0.2, 0.25) is 11.8 Å². The Balaban J connectivity index is 1.33. The van der Waals surface area contributed by atoms with E-state index in [1.807, 2.05) is 18.2 Å². The highest BCUT2D eigenvalue weighted by atomic mass is 32.2. The summed E-state index contributed by atoms with van der Waals surface area (Å²) in [6.45, 7) is 5.28. The van der Waals surface area contributed by atoms with Gasteiger partial charge < -0.3 is 24.8 Å². The van der Waals surface area contributed by atoms with Crippen molar-refractivity contribution in [3.8, 4) is 0 Å². The van der Waals surface area contributed by atoms with E-state index in [0.717, 1.165) is 5.56 Å². The number of hydrogen-bond donors (Lipinski definition) is 1. The van der Waals surface area contributed by atoms with Crippen molar-refractivity contribution in [2.75, 3.05) is 38.5 Å². The van der Waals surface area contributed by atoms with E-state index < -0.39 is 12.1 Å². The molecule has 3 unspecified atom stereocenters. The van der Waals surface area contributed by atoms with Gasteiger partial charge in [0.25, 0.3) is 5.91 Å². The van der Waals surface area contributed by atoms with Gasteiger partial charge in [-0.05, 0) is 25.5 Å². The molecule has 1 N–H and O–H groups in total. The predicted octanol–water partition coefficient (Wildman–Crippen LogP) is 1.06. The molecule has 2 saturated heterocycles. The molecule has 0 bridgehead atoms. The largest absolute Gasteiger partial charge is 0.450 e. The molecule has 0 aromatic heterocycles. The zero-order valence-electron chi connectivity index (χ0n) is 17.6. The summed E-state index contributed by atoms with van der Waals surface area (Å²) >= 11 is 1.57. The van der Waals surface area contributed by atoms with Crippen LogP contribution in [0.3, 0.4) is 0 Å². The Bertz CT molecular complexity index is 902. The minimum absolute atomic E-state index is 0.139. The molecule has 0 aliphatic carbocycles. The van der Waals surface area contributed by atoms with Crippen molar-refractivity contribution in [3.63, 3.8) is 0 Å². The van der Waals surface area contributed by atoms with Crippen molar-refractivity contribution < 1.29 is 23.9 Å². The number of piperazine rings is 1. The number of carbonyl (C=O) groups is 4. The lowest BCUT2D eigenvalue weighted by molar-refractivity contribution is -0.138. The standard InChI is InChI=1S/C21H26N4O5S/c1-3-30-21(29)24-10-8-23(9-11-24)18(27)13(2)22-17(26)16-12-31-20-15-7-5-4-6-14(15)19(28)25(16)20/h4-7,13,16,20H,3,8-12H2,1-2H3,(H,22,26). The van der Waals surface area contributed by atoms with Gasteiger partial charge in [0.15, 0.2) is 0 Å². The fraction of sp³-hybridized carbons (Fsp3) is 0.524. The molecule has 1 aromatic rings. The van der Waals surface area contributed by atoms with Crippen molar-refractivity contribution in [1.82, 2.24) is 20.0 Å². The van der Waals surface area contributed by atoms with E-state index in [1.54, 1.807) is 46.4 Å². The number of ether oxygens (including phenoxy) is 1. The number of thioether (sulfide) groups is 1. The average molecular weight is 447 g/mol. The minimum atomic E-state index is -0.717. The van der Waals surface area contributed by atoms with E-state index in [4.69, 9.17) is 4.74 Å². The van der Waals surface area contributed by atoms with Gasteiger partial charge in [-0.3, -0.25) is 14.4 Å². The third-order valence-corrected chi connectivity index (χ3v) is 7.15. The first kappa shape index (κ1) is 21.5. The molecular formula is C21H26N4O5S. The Morgan fingerprint density at radius 2 is 1.84 bits per heavy atom. The lowest BCUT2D eigenvalue weighted by atomic mass is 10.1. The molecular weight excluding hydrogens is 420 g/mol. The number of carbonyl (C=O) groups excluding carboxylic acids is 4. The maximum Gasteiger partial charge on any atom is 0.409 e. The van der Waals surface area contributed by atoms with E-state index in [-0.39, 0.29) is 29.2 Å². The third-order valence-electron chi connectivity index (χ3n) is 5.84. The monoisotopic (exact) mass is 446 g/mol. The number of nitrogens with one attached hydrogen (secondary N) is 1. The molecule has 3 heterocycles. The van der Waals surface area contributed by atoms with Crippen LogP contribution in [0.1, 0.15) is 35.1 Å². The lowest BCUT2D eigenvalue weighted by Crippen LogP contribution is -2.57. The van der Waals surface area contributed by atoms with Crippen LogP contribution in [0.25, 0.3) is 0 Å². The molecule has 3 aliphatic rings. The number of fused-ring (bicyclic) bond motifs is 3. The van der Waals surface area contributed by atoms with Gasteiger partial charge in [-0.1, -0.05) is 18.2 Å². The van der Waals surface area contributed by atoms with Crippen molar-refractivity contribution in [2.24, 2.45) is 0 Å². The number of amides is 4. The molecule has 4 amide bonds. The van der Waals surface area contributed by atoms with Crippen LogP contribution in [0.5, 0.6) is 0 Å². The van der Waals surface area contributed by atoms with Crippen LogP contribution in [0.15, 0.2) is 24.3 Å². The first-order chi connectivity index (χ1) is 14.9. The van der Waals surface area contributed by atoms with Gasteiger partial charge in [-0.25, -0.2) is 4.79 Å². The van der Waals surface area contributed by atoms with Gasteiger partial charge in [0, 0.05) is 37.5 Å². The molecule has 4 rings (SSSR count). The molecule has 1 aromatic carbocycles. The van der Waals surface area contributed by atoms with E-state index in [9.17, 15) is 19.2 Å². The molecule has 31 heavy (non-hydrogen) atoms. The lowest BCUT2D eigenvalue weighted by Gasteiger charge is -2.35. The number of hydrogen-bond acceptors (Lipinski definition) is 6. The summed E-state index contributed by atoms with van der Waals surface area (Å²) in [5.41, 5.74) is 1.58. The quantitative estimate of drug-likeness (QED) is 0.743. The maximum atomic E-state index is 12.9. The summed E-state index contributed by atoms with van der Waals surface area (Å²) < 4.78 is 4.99. The highest BCUT2D eigenvalue weighted by Gasteiger charge is 2.48. The summed E-state index contributed by atoms with van der Waals surface area (Å²) in [6.07, 6.45) is -0.375. The molecule has 0 radical (unpaired) electrons. The van der Waals surface area contributed by atoms with Crippen LogP contribution in [0.2, 0.25) is 0 Å². The second-order valence-corrected chi connectivity index (χ2v) is 8.86. The number of rotatable bonds is 4. The summed E-state index contributed by atoms with van der Waals surface area (Å²) in [5.74, 6) is -0.160. The molecule has 10 heteroatoms. The number of benzene rings is 1. The second kappa shape index (κ2) is 8.78. The first-order valence-corrected chi connectivity index (χ1v) is 11.5. The van der Waals surface area contributed by atoms with Crippen molar-refractivity contribution in [1.29, 1.82) is 0 Å². The highest BCUT2D eigenvalue weighted by Crippen LogP contribution is 2.48. The van der Waals surface area contributed by atoms with Crippen molar-refractivity contribution >= 4 is 35.6 Å². The van der Waals surface area contributed by atoms with Crippen LogP contribution < -0.4 is 5.32 Å². The van der Waals surface area contributed by atoms with Gasteiger partial charge in [0.05, 0.1) is 6.61 Å². The summed E-state index contributed by atoms with van der Waals surface area (Å²) in [7, 11) is 0. The Morgan fingerprint density at radius 3 is 2.55 bits per heavy atom. The smallest absolute Gasteiger partial charge is 0.409 e. The Morgan fingerprint density at radius 1 is 1.16 bits per heavy atom. The summed E-state index contributed by atoms with van der Waals surface area (Å²) in [4.78, 5) is 55.2. The van der Waals surface area contributed by atoms with E-state index in [1.165, 1.54) is 0 Å². The van der Waals surface area contributed by atoms with Crippen LogP contribution in [0, 0.1) is 0 Å². The maximum absolute atomic E-state index is 12.9. The van der Waals surface area contributed by atoms with E-state index >= 15 is 0 Å². The van der Waals surface area contributed by atoms with Gasteiger partial charge in [-0.2, -0.15) is 0 Å². The van der Waals surface area contributed by atoms with Crippen molar-refractivity contribution in [3.05, 3.63) is 35.4 Å². The highest BCUT2D eigenvalue weighted by molar-refractivity contribution is 7.99. The minimum Gasteiger partial charge on any atom is -0.450 e. The third kappa shape index (κ3) is 3.96. The summed E-state index contributed by atoms with van der Waals surface area (Å²) in [6, 6.07) is 6.10. The molecule has 2 fully saturated rings. The Hall–Kier alpha value is -2.75. The van der Waals surface area contributed by atoms with Crippen molar-refractivity contribution in [2.45, 2.75) is 31.3 Å². The molecule has 3 atom stereocenters. The molecule has 0 spiro atoms. The topological polar surface area (TPSA) is 99.3 Å². The molecule has 9 nitrogen and oxygen atoms in total. The summed E-state index contributed by atoms with van der Waals surface area (Å²) in [5, 5.41) is 2.64. The Labute approximate surface area is 185 Å². The zero-order chi connectivity index (χ0) is 22.1. The SMILES string of the molecule is CCOC(=O)N1CCN(C(=O)C(C)NC(=O)C2CSC3c4ccccc4C(=O)N23)CC1. The van der Waals surface area contributed by atoms with Crippen LogP contribution in [-0.4, -0.2) is 89.1 Å². The van der Waals surface area contributed by atoms with Crippen LogP contribution in [0.4, 0.5) is 4.79 Å². The molecule has 3 aliphatic heterocycles. The van der Waals surface area contributed by atoms with E-state index in [2.05, 4.69) is 5.32 Å². The fourth-order valence-corrected chi connectivity index (χ4v) is 5.68. The van der Waals surface area contributed by atoms with E-state index in [0.29, 0.717) is 44.1 Å². The van der Waals surface area contributed by atoms with Crippen LogP contribution >= 0.6 is 11.8 Å². The fourth-order valence-electron chi connectivity index (χ4n) is 4.21.